The van der Waals surface area contributed by atoms with Crippen molar-refractivity contribution >= 4 is 191 Å². The maximum Gasteiger partial charge on any atom is 0.494 e. The molecule has 5 amide bonds. The van der Waals surface area contributed by atoms with Crippen LogP contribution >= 0.6 is 47.8 Å². The number of carbonyl (C=O) groups excluding carboxylic acids is 5. The number of nitrogen functional groups attached to an aromatic ring is 2. The fourth-order valence-electron chi connectivity index (χ4n) is 16.9. The average molecular weight is 1920 g/mol. The Morgan fingerprint density at radius 1 is 0.484 bits per heavy atom. The SMILES string of the molecule is CC(C)(C)OC(=O)N1CCC[C@H]1C(=O)O.CC(C)(C)OC(=O)N1CCC[C@H]1C1=Nc2ccc3cc(Br)ccc3c2C1.CC(C)[C@H](C)C(=O)N1CCC[C@H]1C1=Nc2ccc3cc(B4OC(C)(C)C(C)(C)O4)ccc3c2C1.CC(C)[C@H](C)C(=O)N1CCC[C@H]1C1=Nc2ccc3cc(Br)ccc3c2C1.COC(=O)N[C@H](C(=O)O)C(C)C.Nc1ccc2cc(Br)ccc2c1N. The molecule has 5 fully saturated rings. The van der Waals surface area contributed by atoms with Gasteiger partial charge in [-0.2, -0.15) is 0 Å². The van der Waals surface area contributed by atoms with Gasteiger partial charge in [0.15, 0.2) is 0 Å². The number of hydrogen-bond donors (Lipinski definition) is 5. The van der Waals surface area contributed by atoms with E-state index < -0.39 is 47.4 Å². The summed E-state index contributed by atoms with van der Waals surface area (Å²) in [4.78, 5) is 104. The van der Waals surface area contributed by atoms with Crippen molar-refractivity contribution in [2.45, 2.75) is 248 Å². The van der Waals surface area contributed by atoms with Gasteiger partial charge < -0.3 is 60.3 Å². The minimum absolute atomic E-state index is 0.0409. The fraction of sp³-hybridized carbons (Fsp3) is 0.490. The number of aliphatic imine (C=N–C) groups is 3. The Hall–Kier alpha value is -9.48. The summed E-state index contributed by atoms with van der Waals surface area (Å²) in [5.41, 5.74) is 22.5. The summed E-state index contributed by atoms with van der Waals surface area (Å²) in [7, 11) is 0.824. The Morgan fingerprint density at radius 3 is 1.23 bits per heavy atom. The van der Waals surface area contributed by atoms with Gasteiger partial charge in [0.25, 0.3) is 0 Å². The molecule has 0 aromatic heterocycles. The van der Waals surface area contributed by atoms with Gasteiger partial charge in [-0.1, -0.05) is 164 Å². The van der Waals surface area contributed by atoms with Gasteiger partial charge in [0.1, 0.15) is 23.3 Å². The molecule has 8 heterocycles. The van der Waals surface area contributed by atoms with Crippen LogP contribution in [-0.2, 0) is 62.0 Å². The molecule has 7 N–H and O–H groups in total. The number of rotatable bonds is 12. The number of halogens is 3. The van der Waals surface area contributed by atoms with Gasteiger partial charge in [0.2, 0.25) is 11.8 Å². The van der Waals surface area contributed by atoms with Gasteiger partial charge in [-0.25, -0.2) is 24.0 Å². The maximum atomic E-state index is 13.1. The van der Waals surface area contributed by atoms with E-state index in [9.17, 15) is 33.6 Å². The van der Waals surface area contributed by atoms with Crippen LogP contribution in [0.3, 0.4) is 0 Å². The molecule has 674 valence electrons. The number of nitrogens with zero attached hydrogens (tertiary/aromatic N) is 7. The number of nitrogens with two attached hydrogens (primary N) is 2. The number of anilines is 2. The van der Waals surface area contributed by atoms with E-state index in [1.54, 1.807) is 34.6 Å². The van der Waals surface area contributed by atoms with Crippen molar-refractivity contribution in [3.8, 4) is 0 Å². The lowest BCUT2D eigenvalue weighted by atomic mass is 9.78. The van der Waals surface area contributed by atoms with Crippen LogP contribution in [0.1, 0.15) is 193 Å². The van der Waals surface area contributed by atoms with Crippen LogP contribution in [0.25, 0.3) is 43.1 Å². The highest BCUT2D eigenvalue weighted by molar-refractivity contribution is 9.11. The Kier molecular flexibility index (Phi) is 31.2. The van der Waals surface area contributed by atoms with Crippen molar-refractivity contribution in [1.29, 1.82) is 0 Å². The van der Waals surface area contributed by atoms with E-state index in [1.807, 2.05) is 56.0 Å². The number of aliphatic carboxylic acids is 2. The second kappa shape index (κ2) is 40.5. The third-order valence-electron chi connectivity index (χ3n) is 25.2. The zero-order chi connectivity index (χ0) is 92.1. The van der Waals surface area contributed by atoms with Gasteiger partial charge in [-0.3, -0.25) is 34.4 Å². The Labute approximate surface area is 766 Å². The molecular formula is C98H124BBr3N10O14. The lowest BCUT2D eigenvalue weighted by Gasteiger charge is -2.32. The summed E-state index contributed by atoms with van der Waals surface area (Å²) in [6.45, 7) is 38.3. The maximum absolute atomic E-state index is 13.1. The highest BCUT2D eigenvalue weighted by Gasteiger charge is 2.52. The number of carbonyl (C=O) groups is 7. The molecule has 0 radical (unpaired) electrons. The Balaban J connectivity index is 0.000000153. The molecule has 7 atom stereocenters. The monoisotopic (exact) mass is 1910 g/mol. The third-order valence-corrected chi connectivity index (χ3v) is 26.6. The first kappa shape index (κ1) is 97.1. The summed E-state index contributed by atoms with van der Waals surface area (Å²) in [6.07, 6.45) is 8.33. The van der Waals surface area contributed by atoms with Crippen LogP contribution in [0.5, 0.6) is 0 Å². The number of hydrogen-bond acceptors (Lipinski definition) is 17. The van der Waals surface area contributed by atoms with E-state index in [0.717, 1.165) is 148 Å². The van der Waals surface area contributed by atoms with Gasteiger partial charge in [-0.05, 0) is 259 Å². The standard InChI is InChI=1S/C28H37BN2O3.C22H25BrN2O.C21H23BrN2O2.C10H9BrN2.C10H17NO4.C7H13NO4/c1-17(2)18(3)26(32)31-14-8-9-25(31)24-16-22-21-12-11-20(15-19(21)10-13-23(22)30-24)29-33-27(4,5)28(6,7)34-29;1-13(2)14(3)22(26)25-10-4-5-21(25)20-12-18-17-8-7-16(23)11-15(17)6-9-19(18)24-20;1-21(2,3)26-20(25)24-10-4-5-19(24)18-12-16-15-8-7-14(22)11-13(15)6-9-17(16)23-18;11-7-2-3-8-6(5-7)1-4-9(12)10(8)13;1-10(2,3)15-9(14)11-6-4-5-7(11)8(12)13;1-4(2)5(6(9)10)8-7(11)12-3/h10-13,15,17-18,25H,8-9,14,16H2,1-7H3;6-9,11,13-14,21H,4-5,10,12H2,1-3H3;6-9,11,19H,4-5,10,12H2,1-3H3;1-5H,12-13H2;7H,4-6H2,1-3H3,(H,12,13);4-5H,1-3H3,(H,8,11)(H,9,10)/t18-,25-;14-,21-;19-;;7-;5-/m000.00/s1. The van der Waals surface area contributed by atoms with Crippen LogP contribution in [0.4, 0.5) is 42.8 Å². The predicted molar refractivity (Wildman–Crippen MR) is 515 cm³/mol. The van der Waals surface area contributed by atoms with E-state index in [2.05, 4.69) is 228 Å². The van der Waals surface area contributed by atoms with Crippen molar-refractivity contribution < 1.29 is 67.3 Å². The van der Waals surface area contributed by atoms with Gasteiger partial charge in [0, 0.05) is 93.2 Å². The van der Waals surface area contributed by atoms with E-state index >= 15 is 0 Å². The molecule has 0 saturated carbocycles. The number of benzene rings is 8. The van der Waals surface area contributed by atoms with Crippen LogP contribution < -0.4 is 22.2 Å². The second-order valence-electron chi connectivity index (χ2n) is 37.9. The number of methoxy groups -OCH3 is 1. The lowest BCUT2D eigenvalue weighted by Crippen LogP contribution is -2.44. The number of fused-ring (bicyclic) bond motifs is 10. The Bertz CT molecular complexity index is 5510. The van der Waals surface area contributed by atoms with Gasteiger partial charge >= 0.3 is 37.3 Å². The summed E-state index contributed by atoms with van der Waals surface area (Å²) in [5, 5.41) is 29.2. The predicted octanol–water partition coefficient (Wildman–Crippen LogP) is 20.9. The van der Waals surface area contributed by atoms with Crippen molar-refractivity contribution in [2.75, 3.05) is 44.8 Å². The molecule has 8 aliphatic heterocycles. The number of carboxylic acid groups (broad SMARTS) is 2. The van der Waals surface area contributed by atoms with Crippen LogP contribution in [0, 0.1) is 29.6 Å². The third kappa shape index (κ3) is 23.0. The van der Waals surface area contributed by atoms with E-state index in [-0.39, 0.29) is 72.1 Å². The van der Waals surface area contributed by atoms with Gasteiger partial charge in [0.05, 0.1) is 64.9 Å². The van der Waals surface area contributed by atoms with E-state index in [0.29, 0.717) is 36.2 Å². The quantitative estimate of drug-likeness (QED) is 0.0431. The summed E-state index contributed by atoms with van der Waals surface area (Å²) in [6, 6.07) is 40.5. The van der Waals surface area contributed by atoms with Crippen molar-refractivity contribution in [2.24, 2.45) is 44.6 Å². The zero-order valence-electron chi connectivity index (χ0n) is 76.2. The molecule has 24 nitrogen and oxygen atoms in total. The molecule has 0 spiro atoms. The molecule has 0 aliphatic carbocycles. The molecule has 126 heavy (non-hydrogen) atoms. The summed E-state index contributed by atoms with van der Waals surface area (Å²) in [5.74, 6) is -0.803. The number of alkyl carbamates (subject to hydrolysis) is 1. The largest absolute Gasteiger partial charge is 0.494 e. The molecule has 16 rings (SSSR count). The zero-order valence-corrected chi connectivity index (χ0v) is 81.0. The molecule has 8 aliphatic rings. The first-order chi connectivity index (χ1) is 59.2. The van der Waals surface area contributed by atoms with Crippen molar-refractivity contribution in [3.05, 3.63) is 151 Å². The molecule has 0 unspecified atom stereocenters. The number of ether oxygens (including phenoxy) is 3. The number of amides is 5. The highest BCUT2D eigenvalue weighted by Crippen LogP contribution is 2.43. The number of likely N-dealkylation sites (tertiary alicyclic amines) is 4. The first-order valence-corrected chi connectivity index (χ1v) is 46.3. The molecule has 8 aromatic rings. The van der Waals surface area contributed by atoms with Crippen LogP contribution in [0.2, 0.25) is 0 Å². The van der Waals surface area contributed by atoms with Crippen LogP contribution in [0.15, 0.2) is 150 Å². The second-order valence-corrected chi connectivity index (χ2v) is 40.7. The lowest BCUT2D eigenvalue weighted by molar-refractivity contribution is -0.142. The Morgan fingerprint density at radius 2 is 0.841 bits per heavy atom. The smallest absolute Gasteiger partial charge is 0.480 e. The minimum atomic E-state index is -1.06. The molecule has 5 saturated heterocycles. The van der Waals surface area contributed by atoms with Crippen molar-refractivity contribution in [1.82, 2.24) is 24.9 Å². The molecular weight excluding hydrogens is 1790 g/mol. The first-order valence-electron chi connectivity index (χ1n) is 43.9. The van der Waals surface area contributed by atoms with Gasteiger partial charge in [-0.15, -0.1) is 0 Å². The van der Waals surface area contributed by atoms with Crippen molar-refractivity contribution in [3.63, 3.8) is 0 Å². The number of nitrogens with one attached hydrogen (secondary N) is 1. The molecule has 28 heteroatoms. The average Bonchev–Trinajstić information content (AvgIpc) is 1.60. The molecule has 8 aromatic carbocycles. The fourth-order valence-corrected chi connectivity index (χ4v) is 18.0. The number of carboxylic acids is 2. The summed E-state index contributed by atoms with van der Waals surface area (Å²) < 4.78 is 30.7. The van der Waals surface area contributed by atoms with Crippen LogP contribution in [-0.4, -0.2) is 182 Å². The normalized spacial score (nSPS) is 19.6. The van der Waals surface area contributed by atoms with E-state index in [1.165, 1.54) is 61.0 Å². The highest BCUT2D eigenvalue weighted by atomic mass is 79.9. The summed E-state index contributed by atoms with van der Waals surface area (Å²) >= 11 is 10.5. The van der Waals surface area contributed by atoms with E-state index in [4.69, 9.17) is 55.4 Å². The topological polar surface area (TPSA) is 320 Å². The minimum Gasteiger partial charge on any atom is -0.480 e. The molecule has 0 bridgehead atoms.